The summed E-state index contributed by atoms with van der Waals surface area (Å²) in [6, 6.07) is 3.60. The van der Waals surface area contributed by atoms with Gasteiger partial charge in [0, 0.05) is 37.6 Å². The van der Waals surface area contributed by atoms with Gasteiger partial charge in [0.15, 0.2) is 0 Å². The van der Waals surface area contributed by atoms with Gasteiger partial charge in [0.1, 0.15) is 0 Å². The molecule has 0 fully saturated rings. The highest BCUT2D eigenvalue weighted by Gasteiger charge is 2.23. The molecule has 1 aromatic carbocycles. The summed E-state index contributed by atoms with van der Waals surface area (Å²) in [4.78, 5) is 2.06. The van der Waals surface area contributed by atoms with Crippen molar-refractivity contribution in [2.24, 2.45) is 0 Å². The predicted octanol–water partition coefficient (Wildman–Crippen LogP) is 2.46. The number of aryl methyl sites for hydroxylation is 1. The molecule has 19 heavy (non-hydrogen) atoms. The fourth-order valence-electron chi connectivity index (χ4n) is 2.80. The van der Waals surface area contributed by atoms with Gasteiger partial charge < -0.3 is 10.3 Å². The van der Waals surface area contributed by atoms with Crippen molar-refractivity contribution in [2.45, 2.75) is 19.3 Å². The molecule has 0 radical (unpaired) electrons. The average molecular weight is 265 g/mol. The van der Waals surface area contributed by atoms with Gasteiger partial charge in [-0.15, -0.1) is 0 Å². The lowest BCUT2D eigenvalue weighted by Crippen LogP contribution is -2.25. The van der Waals surface area contributed by atoms with Crippen LogP contribution in [0.4, 0.5) is 14.5 Å². The number of alkyl halides is 2. The number of anilines is 1. The number of hydrazine groups is 1. The van der Waals surface area contributed by atoms with Crippen molar-refractivity contribution in [3.05, 3.63) is 35.0 Å². The van der Waals surface area contributed by atoms with E-state index in [0.717, 1.165) is 30.6 Å². The smallest absolute Gasteiger partial charge is 0.264 e. The summed E-state index contributed by atoms with van der Waals surface area (Å²) in [7, 11) is 1.96. The minimum atomic E-state index is -2.45. The second-order valence-corrected chi connectivity index (χ2v) is 5.06. The molecular weight excluding hydrogens is 248 g/mol. The number of hydrogen-bond acceptors (Lipinski definition) is 3. The Bertz CT molecular complexity index is 526. The van der Waals surface area contributed by atoms with E-state index in [1.165, 1.54) is 5.56 Å². The summed E-state index contributed by atoms with van der Waals surface area (Å²) in [5, 5.41) is 0. The third-order valence-corrected chi connectivity index (χ3v) is 3.81. The molecule has 0 saturated carbocycles. The van der Waals surface area contributed by atoms with Crippen LogP contribution in [-0.4, -0.2) is 20.1 Å². The molecule has 0 aliphatic carbocycles. The molecule has 2 aliphatic heterocycles. The van der Waals surface area contributed by atoms with Crippen LogP contribution in [0.2, 0.25) is 0 Å². The standard InChI is InChI=1S/C14H17F2N3/c1-19-4-2-3-9-5-11(10-7-17-18-8-10)12(14(15)16)6-13(9)19/h5-7,14,17-18H,2-4,8H2,1H3. The Labute approximate surface area is 111 Å². The largest absolute Gasteiger partial charge is 0.374 e. The molecule has 0 aromatic heterocycles. The van der Waals surface area contributed by atoms with Gasteiger partial charge in [0.05, 0.1) is 0 Å². The highest BCUT2D eigenvalue weighted by Crippen LogP contribution is 2.36. The molecule has 0 saturated heterocycles. The molecule has 0 atom stereocenters. The number of benzene rings is 1. The van der Waals surface area contributed by atoms with Gasteiger partial charge in [-0.3, -0.25) is 0 Å². The highest BCUT2D eigenvalue weighted by atomic mass is 19.3. The van der Waals surface area contributed by atoms with Crippen molar-refractivity contribution in [2.75, 3.05) is 25.0 Å². The zero-order valence-electron chi connectivity index (χ0n) is 10.8. The van der Waals surface area contributed by atoms with Gasteiger partial charge in [-0.25, -0.2) is 14.2 Å². The van der Waals surface area contributed by atoms with Crippen LogP contribution in [0.15, 0.2) is 18.3 Å². The van der Waals surface area contributed by atoms with Crippen molar-refractivity contribution in [1.82, 2.24) is 10.9 Å². The number of nitrogens with zero attached hydrogens (tertiary/aromatic N) is 1. The van der Waals surface area contributed by atoms with Crippen molar-refractivity contribution < 1.29 is 8.78 Å². The maximum absolute atomic E-state index is 13.3. The third kappa shape index (κ3) is 2.18. The summed E-state index contributed by atoms with van der Waals surface area (Å²) < 4.78 is 26.6. The number of fused-ring (bicyclic) bond motifs is 1. The topological polar surface area (TPSA) is 27.3 Å². The van der Waals surface area contributed by atoms with Crippen LogP contribution in [0.1, 0.15) is 29.5 Å². The Hall–Kier alpha value is -1.62. The van der Waals surface area contributed by atoms with E-state index < -0.39 is 6.43 Å². The van der Waals surface area contributed by atoms with Crippen LogP contribution in [0.25, 0.3) is 5.57 Å². The van der Waals surface area contributed by atoms with Crippen molar-refractivity contribution in [3.8, 4) is 0 Å². The van der Waals surface area contributed by atoms with E-state index in [2.05, 4.69) is 15.8 Å². The fraction of sp³-hybridized carbons (Fsp3) is 0.429. The SMILES string of the molecule is CN1CCCc2cc(C3=CNNC3)c(C(F)F)cc21. The highest BCUT2D eigenvalue weighted by molar-refractivity contribution is 5.74. The van der Waals surface area contributed by atoms with Gasteiger partial charge in [-0.2, -0.15) is 0 Å². The molecule has 2 aliphatic rings. The molecule has 2 N–H and O–H groups in total. The van der Waals surface area contributed by atoms with Crippen LogP contribution in [0, 0.1) is 0 Å². The number of hydrogen-bond donors (Lipinski definition) is 2. The first-order chi connectivity index (χ1) is 9.16. The van der Waals surface area contributed by atoms with Gasteiger partial charge in [0.25, 0.3) is 6.43 Å². The molecule has 3 nitrogen and oxygen atoms in total. The summed E-state index contributed by atoms with van der Waals surface area (Å²) in [6.07, 6.45) is 1.36. The van der Waals surface area contributed by atoms with Crippen molar-refractivity contribution >= 4 is 11.3 Å². The number of nitrogens with one attached hydrogen (secondary N) is 2. The first-order valence-corrected chi connectivity index (χ1v) is 6.50. The maximum Gasteiger partial charge on any atom is 0.264 e. The van der Waals surface area contributed by atoms with Crippen LogP contribution in [0.3, 0.4) is 0 Å². The molecule has 1 aromatic rings. The van der Waals surface area contributed by atoms with E-state index >= 15 is 0 Å². The average Bonchev–Trinajstić information content (AvgIpc) is 2.91. The van der Waals surface area contributed by atoms with Gasteiger partial charge in [0.2, 0.25) is 0 Å². The van der Waals surface area contributed by atoms with E-state index in [0.29, 0.717) is 12.1 Å². The maximum atomic E-state index is 13.3. The number of halogens is 2. The molecule has 2 heterocycles. The van der Waals surface area contributed by atoms with Crippen LogP contribution in [0.5, 0.6) is 0 Å². The quantitative estimate of drug-likeness (QED) is 0.860. The third-order valence-electron chi connectivity index (χ3n) is 3.81. The normalized spacial score (nSPS) is 18.3. The number of rotatable bonds is 2. The molecule has 0 amide bonds. The minimum Gasteiger partial charge on any atom is -0.374 e. The second kappa shape index (κ2) is 4.81. The molecule has 0 spiro atoms. The molecule has 102 valence electrons. The lowest BCUT2D eigenvalue weighted by molar-refractivity contribution is 0.151. The van der Waals surface area contributed by atoms with E-state index in [-0.39, 0.29) is 5.56 Å². The summed E-state index contributed by atoms with van der Waals surface area (Å²) in [5.41, 5.74) is 9.59. The molecule has 0 bridgehead atoms. The zero-order valence-corrected chi connectivity index (χ0v) is 10.8. The van der Waals surface area contributed by atoms with Gasteiger partial charge >= 0.3 is 0 Å². The van der Waals surface area contributed by atoms with Crippen LogP contribution in [-0.2, 0) is 6.42 Å². The first-order valence-electron chi connectivity index (χ1n) is 6.50. The Morgan fingerprint density at radius 2 is 2.16 bits per heavy atom. The Kier molecular flexibility index (Phi) is 3.14. The van der Waals surface area contributed by atoms with E-state index in [9.17, 15) is 8.78 Å². The van der Waals surface area contributed by atoms with Crippen molar-refractivity contribution in [1.29, 1.82) is 0 Å². The van der Waals surface area contributed by atoms with Crippen LogP contribution < -0.4 is 15.8 Å². The molecule has 3 rings (SSSR count). The summed E-state index contributed by atoms with van der Waals surface area (Å²) in [5.74, 6) is 0. The van der Waals surface area contributed by atoms with Gasteiger partial charge in [-0.05, 0) is 41.7 Å². The minimum absolute atomic E-state index is 0.129. The lowest BCUT2D eigenvalue weighted by atomic mass is 9.92. The molecule has 0 unspecified atom stereocenters. The zero-order chi connectivity index (χ0) is 13.4. The monoisotopic (exact) mass is 265 g/mol. The summed E-state index contributed by atoms with van der Waals surface area (Å²) >= 11 is 0. The predicted molar refractivity (Wildman–Crippen MR) is 72.1 cm³/mol. The van der Waals surface area contributed by atoms with Crippen molar-refractivity contribution in [3.63, 3.8) is 0 Å². The Morgan fingerprint density at radius 1 is 1.32 bits per heavy atom. The first kappa shape index (κ1) is 12.4. The Morgan fingerprint density at radius 3 is 2.84 bits per heavy atom. The second-order valence-electron chi connectivity index (χ2n) is 5.06. The van der Waals surface area contributed by atoms with E-state index in [1.54, 1.807) is 12.3 Å². The summed E-state index contributed by atoms with van der Waals surface area (Å²) in [6.45, 7) is 1.51. The van der Waals surface area contributed by atoms with Gasteiger partial charge in [-0.1, -0.05) is 0 Å². The molecule has 5 heteroatoms. The van der Waals surface area contributed by atoms with E-state index in [1.807, 2.05) is 13.1 Å². The lowest BCUT2D eigenvalue weighted by Gasteiger charge is -2.29. The van der Waals surface area contributed by atoms with Crippen LogP contribution >= 0.6 is 0 Å². The molecular formula is C14H17F2N3. The Balaban J connectivity index is 2.12. The fourth-order valence-corrected chi connectivity index (χ4v) is 2.80. The van der Waals surface area contributed by atoms with E-state index in [4.69, 9.17) is 0 Å².